The van der Waals surface area contributed by atoms with Crippen molar-refractivity contribution in [1.82, 2.24) is 15.1 Å². The molecule has 0 saturated carbocycles. The van der Waals surface area contributed by atoms with Crippen molar-refractivity contribution in [2.45, 2.75) is 24.7 Å². The lowest BCUT2D eigenvalue weighted by atomic mass is 10.1. The highest BCUT2D eigenvalue weighted by Gasteiger charge is 2.15. The van der Waals surface area contributed by atoms with E-state index in [-0.39, 0.29) is 5.57 Å². The molecule has 6 nitrogen and oxygen atoms in total. The number of methoxy groups -OCH3 is 1. The zero-order valence-corrected chi connectivity index (χ0v) is 19.8. The molecule has 0 spiro atoms. The van der Waals surface area contributed by atoms with Crippen molar-refractivity contribution in [3.8, 4) is 23.0 Å². The highest BCUT2D eigenvalue weighted by atomic mass is 32.2. The third-order valence-corrected chi connectivity index (χ3v) is 6.06. The molecular weight excluding hydrogens is 432 g/mol. The molecule has 1 N–H and O–H groups in total. The fraction of sp³-hybridized carbons (Fsp3) is 0.269. The van der Waals surface area contributed by atoms with Gasteiger partial charge in [-0.05, 0) is 48.9 Å². The van der Waals surface area contributed by atoms with Crippen LogP contribution in [0.1, 0.15) is 25.3 Å². The summed E-state index contributed by atoms with van der Waals surface area (Å²) in [6.45, 7) is 3.15. The van der Waals surface area contributed by atoms with Gasteiger partial charge in [0.2, 0.25) is 0 Å². The highest BCUT2D eigenvalue weighted by Crippen LogP contribution is 2.28. The monoisotopic (exact) mass is 460 g/mol. The molecule has 33 heavy (non-hydrogen) atoms. The second-order valence-corrected chi connectivity index (χ2v) is 8.53. The molecule has 170 valence electrons. The molecule has 1 aromatic heterocycles. The number of hydrogen-bond donors (Lipinski definition) is 1. The van der Waals surface area contributed by atoms with E-state index in [1.807, 2.05) is 66.5 Å². The first-order valence-electron chi connectivity index (χ1n) is 10.9. The van der Waals surface area contributed by atoms with Gasteiger partial charge in [0.1, 0.15) is 11.6 Å². The minimum atomic E-state index is -0.404. The molecule has 0 fully saturated rings. The van der Waals surface area contributed by atoms with Crippen LogP contribution in [0.4, 0.5) is 0 Å². The molecule has 2 aromatic carbocycles. The average molecular weight is 461 g/mol. The van der Waals surface area contributed by atoms with E-state index >= 15 is 0 Å². The number of nitrogens with zero attached hydrogens (tertiary/aromatic N) is 3. The number of rotatable bonds is 11. The van der Waals surface area contributed by atoms with Gasteiger partial charge in [0.25, 0.3) is 5.91 Å². The Morgan fingerprint density at radius 3 is 2.64 bits per heavy atom. The van der Waals surface area contributed by atoms with Gasteiger partial charge in [-0.1, -0.05) is 37.3 Å². The zero-order chi connectivity index (χ0) is 23.5. The van der Waals surface area contributed by atoms with Crippen LogP contribution >= 0.6 is 11.8 Å². The number of nitrogens with one attached hydrogen (secondary N) is 1. The first kappa shape index (κ1) is 24.3. The summed E-state index contributed by atoms with van der Waals surface area (Å²) in [5.74, 6) is 0.666. The van der Waals surface area contributed by atoms with Crippen LogP contribution in [0.15, 0.2) is 71.3 Å². The summed E-state index contributed by atoms with van der Waals surface area (Å²) in [6, 6.07) is 20.0. The molecule has 0 atom stereocenters. The lowest BCUT2D eigenvalue weighted by molar-refractivity contribution is -0.117. The molecule has 0 aliphatic rings. The lowest BCUT2D eigenvalue weighted by Crippen LogP contribution is -2.26. The first-order chi connectivity index (χ1) is 16.2. The lowest BCUT2D eigenvalue weighted by Gasteiger charge is -2.05. The maximum absolute atomic E-state index is 12.5. The van der Waals surface area contributed by atoms with Crippen molar-refractivity contribution < 1.29 is 9.53 Å². The van der Waals surface area contributed by atoms with E-state index in [0.717, 1.165) is 23.4 Å². The van der Waals surface area contributed by atoms with Gasteiger partial charge in [-0.15, -0.1) is 11.8 Å². The Morgan fingerprint density at radius 1 is 1.21 bits per heavy atom. The minimum Gasteiger partial charge on any atom is -0.385 e. The normalized spacial score (nSPS) is 11.2. The van der Waals surface area contributed by atoms with Crippen LogP contribution in [0.2, 0.25) is 0 Å². The van der Waals surface area contributed by atoms with Crippen LogP contribution < -0.4 is 5.32 Å². The summed E-state index contributed by atoms with van der Waals surface area (Å²) in [5, 5.41) is 17.2. The number of thioether (sulfide) groups is 1. The van der Waals surface area contributed by atoms with Gasteiger partial charge < -0.3 is 10.1 Å². The standard InChI is InChI=1S/C26H28N4O2S/c1-3-16-33-24-12-10-20(11-13-24)25-22(19-30(29-25)23-8-5-4-6-9-23)17-21(18-27)26(31)28-14-7-15-32-2/h4-6,8-13,17,19H,3,7,14-16H2,1-2H3,(H,28,31). The van der Waals surface area contributed by atoms with E-state index in [4.69, 9.17) is 9.84 Å². The van der Waals surface area contributed by atoms with Crippen LogP contribution in [-0.4, -0.2) is 41.7 Å². The van der Waals surface area contributed by atoms with Crippen molar-refractivity contribution in [3.63, 3.8) is 0 Å². The SMILES string of the molecule is CCCSc1ccc(-c2nn(-c3ccccc3)cc2C=C(C#N)C(=O)NCCCOC)cc1. The molecule has 1 heterocycles. The molecule has 0 aliphatic heterocycles. The number of benzene rings is 2. The maximum atomic E-state index is 12.5. The number of carbonyl (C=O) groups excluding carboxylic acids is 1. The number of carbonyl (C=O) groups is 1. The third kappa shape index (κ3) is 6.82. The van der Waals surface area contributed by atoms with Gasteiger partial charge in [0, 0.05) is 42.5 Å². The summed E-state index contributed by atoms with van der Waals surface area (Å²) in [4.78, 5) is 13.7. The molecule has 1 amide bonds. The third-order valence-electron chi connectivity index (χ3n) is 4.84. The second kappa shape index (κ2) is 12.6. The van der Waals surface area contributed by atoms with E-state index < -0.39 is 5.91 Å². The Balaban J connectivity index is 1.95. The number of hydrogen-bond acceptors (Lipinski definition) is 5. The van der Waals surface area contributed by atoms with Gasteiger partial charge in [-0.3, -0.25) is 4.79 Å². The summed E-state index contributed by atoms with van der Waals surface area (Å²) >= 11 is 1.82. The summed E-state index contributed by atoms with van der Waals surface area (Å²) < 4.78 is 6.77. The van der Waals surface area contributed by atoms with Gasteiger partial charge in [0.05, 0.1) is 11.4 Å². The average Bonchev–Trinajstić information content (AvgIpc) is 3.28. The molecule has 7 heteroatoms. The summed E-state index contributed by atoms with van der Waals surface area (Å²) in [7, 11) is 1.61. The van der Waals surface area contributed by atoms with E-state index in [1.165, 1.54) is 4.90 Å². The van der Waals surface area contributed by atoms with E-state index in [9.17, 15) is 10.1 Å². The summed E-state index contributed by atoms with van der Waals surface area (Å²) in [6.07, 6.45) is 5.25. The molecule has 0 saturated heterocycles. The fourth-order valence-corrected chi connectivity index (χ4v) is 3.95. The second-order valence-electron chi connectivity index (χ2n) is 7.36. The van der Waals surface area contributed by atoms with Crippen LogP contribution in [0, 0.1) is 11.3 Å². The van der Waals surface area contributed by atoms with Gasteiger partial charge in [-0.2, -0.15) is 10.4 Å². The topological polar surface area (TPSA) is 79.9 Å². The molecular formula is C26H28N4O2S. The Morgan fingerprint density at radius 2 is 1.97 bits per heavy atom. The molecule has 0 bridgehead atoms. The zero-order valence-electron chi connectivity index (χ0n) is 19.0. The molecule has 0 aliphatic carbocycles. The van der Waals surface area contributed by atoms with E-state index in [1.54, 1.807) is 17.9 Å². The molecule has 0 radical (unpaired) electrons. The van der Waals surface area contributed by atoms with Crippen molar-refractivity contribution in [3.05, 3.63) is 71.9 Å². The number of amides is 1. The predicted molar refractivity (Wildman–Crippen MR) is 133 cm³/mol. The van der Waals surface area contributed by atoms with E-state index in [0.29, 0.717) is 30.8 Å². The largest absolute Gasteiger partial charge is 0.385 e. The van der Waals surface area contributed by atoms with Crippen molar-refractivity contribution >= 4 is 23.7 Å². The fourth-order valence-electron chi connectivity index (χ4n) is 3.18. The first-order valence-corrected chi connectivity index (χ1v) is 11.9. The Hall–Kier alpha value is -3.34. The minimum absolute atomic E-state index is 0.0383. The Kier molecular flexibility index (Phi) is 9.31. The number of para-hydroxylation sites is 1. The van der Waals surface area contributed by atoms with Crippen molar-refractivity contribution in [2.75, 3.05) is 26.0 Å². The quantitative estimate of drug-likeness (QED) is 0.186. The highest BCUT2D eigenvalue weighted by molar-refractivity contribution is 7.99. The van der Waals surface area contributed by atoms with E-state index in [2.05, 4.69) is 24.4 Å². The number of ether oxygens (including phenoxy) is 1. The van der Waals surface area contributed by atoms with Crippen molar-refractivity contribution in [1.29, 1.82) is 5.26 Å². The van der Waals surface area contributed by atoms with Crippen LogP contribution in [0.25, 0.3) is 23.0 Å². The Bertz CT molecular complexity index is 1120. The van der Waals surface area contributed by atoms with Crippen LogP contribution in [0.3, 0.4) is 0 Å². The van der Waals surface area contributed by atoms with Gasteiger partial charge in [0.15, 0.2) is 0 Å². The predicted octanol–water partition coefficient (Wildman–Crippen LogP) is 5.10. The molecule has 3 aromatic rings. The van der Waals surface area contributed by atoms with Crippen LogP contribution in [0.5, 0.6) is 0 Å². The number of nitriles is 1. The maximum Gasteiger partial charge on any atom is 0.261 e. The van der Waals surface area contributed by atoms with Gasteiger partial charge >= 0.3 is 0 Å². The van der Waals surface area contributed by atoms with Crippen LogP contribution in [-0.2, 0) is 9.53 Å². The smallest absolute Gasteiger partial charge is 0.261 e. The Labute approximate surface area is 199 Å². The number of aromatic nitrogens is 2. The van der Waals surface area contributed by atoms with Gasteiger partial charge in [-0.25, -0.2) is 4.68 Å². The molecule has 3 rings (SSSR count). The molecule has 0 unspecified atom stereocenters. The summed E-state index contributed by atoms with van der Waals surface area (Å²) in [5.41, 5.74) is 3.28. The van der Waals surface area contributed by atoms with Crippen molar-refractivity contribution in [2.24, 2.45) is 0 Å².